The lowest BCUT2D eigenvalue weighted by molar-refractivity contribution is -0.137. The molecule has 0 atom stereocenters. The average Bonchev–Trinajstić information content (AvgIpc) is 3.27. The van der Waals surface area contributed by atoms with Crippen molar-refractivity contribution in [2.24, 2.45) is 7.05 Å². The Morgan fingerprint density at radius 1 is 0.914 bits per heavy atom. The highest BCUT2D eigenvalue weighted by atomic mass is 19.4. The molecule has 0 unspecified atom stereocenters. The van der Waals surface area contributed by atoms with Crippen LogP contribution in [0.4, 0.5) is 24.5 Å². The van der Waals surface area contributed by atoms with Crippen LogP contribution in [0.25, 0.3) is 11.1 Å². The quantitative estimate of drug-likeness (QED) is 0.431. The van der Waals surface area contributed by atoms with Crippen molar-refractivity contribution in [2.75, 3.05) is 10.6 Å². The number of hydrogen-bond acceptors (Lipinski definition) is 5. The van der Waals surface area contributed by atoms with Crippen molar-refractivity contribution in [1.29, 1.82) is 0 Å². The van der Waals surface area contributed by atoms with Crippen molar-refractivity contribution < 1.29 is 22.8 Å². The molecule has 8 nitrogen and oxygen atoms in total. The topological polar surface area (TPSA) is 102 Å². The first-order chi connectivity index (χ1) is 16.6. The maximum absolute atomic E-state index is 12.9. The molecule has 4 rings (SSSR count). The lowest BCUT2D eigenvalue weighted by atomic mass is 10.1. The molecule has 0 spiro atoms. The van der Waals surface area contributed by atoms with Gasteiger partial charge in [-0.3, -0.25) is 24.2 Å². The van der Waals surface area contributed by atoms with Crippen LogP contribution in [0.1, 0.15) is 32.0 Å². The molecule has 2 amide bonds. The van der Waals surface area contributed by atoms with Crippen LogP contribution in [0, 0.1) is 6.92 Å². The van der Waals surface area contributed by atoms with Crippen molar-refractivity contribution >= 4 is 23.2 Å². The molecule has 3 heterocycles. The summed E-state index contributed by atoms with van der Waals surface area (Å²) in [5.74, 6) is -1.19. The molecular weight excluding hydrogens is 461 g/mol. The summed E-state index contributed by atoms with van der Waals surface area (Å²) in [7, 11) is 1.78. The maximum atomic E-state index is 12.9. The maximum Gasteiger partial charge on any atom is 0.416 e. The number of carbonyl (C=O) groups excluding carboxylic acids is 2. The summed E-state index contributed by atoms with van der Waals surface area (Å²) < 4.78 is 40.5. The number of rotatable bonds is 5. The summed E-state index contributed by atoms with van der Waals surface area (Å²) in [6.45, 7) is 1.67. The Kier molecular flexibility index (Phi) is 6.32. The number of hydrogen-bond donors (Lipinski definition) is 2. The van der Waals surface area contributed by atoms with Gasteiger partial charge >= 0.3 is 6.18 Å². The molecule has 0 aliphatic carbocycles. The first-order valence-corrected chi connectivity index (χ1v) is 10.3. The Hall–Kier alpha value is -4.54. The Morgan fingerprint density at radius 3 is 2.40 bits per heavy atom. The fourth-order valence-corrected chi connectivity index (χ4v) is 3.25. The Balaban J connectivity index is 1.51. The molecule has 1 aromatic carbocycles. The van der Waals surface area contributed by atoms with E-state index in [1.54, 1.807) is 43.3 Å². The van der Waals surface area contributed by atoms with Gasteiger partial charge in [0.1, 0.15) is 0 Å². The van der Waals surface area contributed by atoms with Gasteiger partial charge < -0.3 is 10.6 Å². The van der Waals surface area contributed by atoms with Gasteiger partial charge in [-0.2, -0.15) is 18.3 Å². The van der Waals surface area contributed by atoms with Crippen LogP contribution < -0.4 is 10.6 Å². The van der Waals surface area contributed by atoms with E-state index in [2.05, 4.69) is 25.7 Å². The van der Waals surface area contributed by atoms with Gasteiger partial charge in [0, 0.05) is 42.3 Å². The molecule has 4 aromatic rings. The Bertz CT molecular complexity index is 1410. The summed E-state index contributed by atoms with van der Waals surface area (Å²) in [4.78, 5) is 33.6. The van der Waals surface area contributed by atoms with Crippen LogP contribution >= 0.6 is 0 Å². The van der Waals surface area contributed by atoms with Crippen LogP contribution in [0.2, 0.25) is 0 Å². The van der Waals surface area contributed by atoms with E-state index in [1.165, 1.54) is 24.5 Å². The van der Waals surface area contributed by atoms with Crippen molar-refractivity contribution in [1.82, 2.24) is 19.7 Å². The summed E-state index contributed by atoms with van der Waals surface area (Å²) in [5, 5.41) is 9.35. The van der Waals surface area contributed by atoms with Gasteiger partial charge in [0.05, 0.1) is 40.6 Å². The number of halogens is 3. The minimum Gasteiger partial charge on any atom is -0.321 e. The van der Waals surface area contributed by atoms with Crippen LogP contribution in [0.5, 0.6) is 0 Å². The highest BCUT2D eigenvalue weighted by Gasteiger charge is 2.30. The molecule has 0 radical (unpaired) electrons. The monoisotopic (exact) mass is 480 g/mol. The smallest absolute Gasteiger partial charge is 0.321 e. The summed E-state index contributed by atoms with van der Waals surface area (Å²) >= 11 is 0. The van der Waals surface area contributed by atoms with E-state index < -0.39 is 23.6 Å². The third kappa shape index (κ3) is 5.52. The summed E-state index contributed by atoms with van der Waals surface area (Å²) in [6, 6.07) is 7.23. The Morgan fingerprint density at radius 2 is 1.69 bits per heavy atom. The van der Waals surface area contributed by atoms with Gasteiger partial charge in [-0.05, 0) is 37.3 Å². The van der Waals surface area contributed by atoms with E-state index >= 15 is 0 Å². The number of nitrogens with zero attached hydrogens (tertiary/aromatic N) is 4. The van der Waals surface area contributed by atoms with E-state index in [0.717, 1.165) is 23.8 Å². The third-order valence-corrected chi connectivity index (χ3v) is 5.08. The summed E-state index contributed by atoms with van der Waals surface area (Å²) in [6.07, 6.45) is 3.26. The molecule has 0 saturated heterocycles. The highest BCUT2D eigenvalue weighted by Crippen LogP contribution is 2.30. The molecule has 2 N–H and O–H groups in total. The standard InChI is InChI=1S/C24H19F3N6O2/c1-14-21(32-23(35)17-6-16(9-28-10-17)18-11-30-33(2)13-18)8-20(12-29-14)31-22(34)15-4-3-5-19(7-15)24(25,26)27/h3-13H,1-2H3,(H,31,34)(H,32,35). The fourth-order valence-electron chi connectivity index (χ4n) is 3.25. The van der Waals surface area contributed by atoms with Crippen molar-refractivity contribution in [3.8, 4) is 11.1 Å². The number of alkyl halides is 3. The highest BCUT2D eigenvalue weighted by molar-refractivity contribution is 6.06. The molecule has 0 bridgehead atoms. The second-order valence-electron chi connectivity index (χ2n) is 7.71. The van der Waals surface area contributed by atoms with Gasteiger partial charge in [0.2, 0.25) is 0 Å². The molecule has 0 aliphatic heterocycles. The largest absolute Gasteiger partial charge is 0.416 e. The van der Waals surface area contributed by atoms with Crippen LogP contribution in [-0.2, 0) is 13.2 Å². The summed E-state index contributed by atoms with van der Waals surface area (Å²) in [5.41, 5.74) is 1.72. The molecule has 178 valence electrons. The second-order valence-corrected chi connectivity index (χ2v) is 7.71. The van der Waals surface area contributed by atoms with Gasteiger partial charge in [0.25, 0.3) is 11.8 Å². The van der Waals surface area contributed by atoms with E-state index in [-0.39, 0.29) is 11.3 Å². The number of aromatic nitrogens is 4. The lowest BCUT2D eigenvalue weighted by Gasteiger charge is -2.12. The third-order valence-electron chi connectivity index (χ3n) is 5.08. The molecule has 0 aliphatic rings. The molecular formula is C24H19F3N6O2. The Labute approximate surface area is 197 Å². The van der Waals surface area contributed by atoms with Gasteiger partial charge in [-0.25, -0.2) is 0 Å². The molecule has 3 aromatic heterocycles. The molecule has 0 saturated carbocycles. The van der Waals surface area contributed by atoms with Crippen molar-refractivity contribution in [2.45, 2.75) is 13.1 Å². The predicted molar refractivity (Wildman–Crippen MR) is 123 cm³/mol. The van der Waals surface area contributed by atoms with E-state index in [9.17, 15) is 22.8 Å². The van der Waals surface area contributed by atoms with Crippen LogP contribution in [0.3, 0.4) is 0 Å². The van der Waals surface area contributed by atoms with E-state index in [4.69, 9.17) is 0 Å². The predicted octanol–water partition coefficient (Wildman–Crippen LogP) is 4.71. The number of anilines is 2. The normalized spacial score (nSPS) is 11.2. The van der Waals surface area contributed by atoms with E-state index in [0.29, 0.717) is 22.5 Å². The van der Waals surface area contributed by atoms with Crippen molar-refractivity contribution in [3.63, 3.8) is 0 Å². The zero-order valence-corrected chi connectivity index (χ0v) is 18.6. The minimum absolute atomic E-state index is 0.163. The molecule has 35 heavy (non-hydrogen) atoms. The van der Waals surface area contributed by atoms with Crippen LogP contribution in [0.15, 0.2) is 67.4 Å². The van der Waals surface area contributed by atoms with Gasteiger partial charge in [0.15, 0.2) is 0 Å². The minimum atomic E-state index is -4.57. The van der Waals surface area contributed by atoms with Gasteiger partial charge in [-0.1, -0.05) is 6.07 Å². The number of aryl methyl sites for hydroxylation is 2. The number of nitrogens with one attached hydrogen (secondary N) is 2. The molecule has 11 heteroatoms. The SMILES string of the molecule is Cc1ncc(NC(=O)c2cccc(C(F)(F)F)c2)cc1NC(=O)c1cncc(-c2cnn(C)c2)c1. The number of amides is 2. The molecule has 0 fully saturated rings. The number of carbonyl (C=O) groups is 2. The zero-order valence-electron chi connectivity index (χ0n) is 18.6. The van der Waals surface area contributed by atoms with Gasteiger partial charge in [-0.15, -0.1) is 0 Å². The zero-order chi connectivity index (χ0) is 25.2. The lowest BCUT2D eigenvalue weighted by Crippen LogP contribution is -2.16. The first kappa shape index (κ1) is 23.6. The number of pyridine rings is 2. The number of benzene rings is 1. The average molecular weight is 480 g/mol. The second kappa shape index (κ2) is 9.37. The van der Waals surface area contributed by atoms with E-state index in [1.807, 2.05) is 0 Å². The van der Waals surface area contributed by atoms with Crippen LogP contribution in [-0.4, -0.2) is 31.6 Å². The fraction of sp³-hybridized carbons (Fsp3) is 0.125. The first-order valence-electron chi connectivity index (χ1n) is 10.3. The van der Waals surface area contributed by atoms with Crippen molar-refractivity contribution in [3.05, 3.63) is 89.8 Å².